The summed E-state index contributed by atoms with van der Waals surface area (Å²) in [5, 5.41) is 7.59. The van der Waals surface area contributed by atoms with Crippen molar-refractivity contribution in [3.63, 3.8) is 0 Å². The minimum absolute atomic E-state index is 0.0419. The molecule has 0 saturated carbocycles. The van der Waals surface area contributed by atoms with Crippen molar-refractivity contribution in [2.45, 2.75) is 59.0 Å². The number of halogens is 1. The van der Waals surface area contributed by atoms with Crippen LogP contribution in [0, 0.1) is 0 Å². The van der Waals surface area contributed by atoms with Gasteiger partial charge in [-0.15, -0.1) is 0 Å². The summed E-state index contributed by atoms with van der Waals surface area (Å²) in [6.07, 6.45) is 3.45. The summed E-state index contributed by atoms with van der Waals surface area (Å²) in [6.45, 7) is 9.02. The molecule has 1 aromatic carbocycles. The Kier molecular flexibility index (Phi) is 6.44. The Balaban J connectivity index is 2.17. The molecule has 2 atom stereocenters. The van der Waals surface area contributed by atoms with Gasteiger partial charge >= 0.3 is 0 Å². The zero-order chi connectivity index (χ0) is 17.7. The summed E-state index contributed by atoms with van der Waals surface area (Å²) in [6, 6.07) is 8.48. The van der Waals surface area contributed by atoms with Crippen LogP contribution < -0.4 is 5.32 Å². The molecule has 1 heterocycles. The molecule has 0 aliphatic heterocycles. The molecular weight excluding hydrogens is 322 g/mol. The van der Waals surface area contributed by atoms with Gasteiger partial charge in [0.15, 0.2) is 0 Å². The molecule has 0 saturated heterocycles. The van der Waals surface area contributed by atoms with Crippen LogP contribution in [0.1, 0.15) is 74.1 Å². The molecule has 0 aliphatic rings. The normalized spacial score (nSPS) is 13.5. The van der Waals surface area contributed by atoms with Crippen molar-refractivity contribution in [2.75, 3.05) is 0 Å². The zero-order valence-electron chi connectivity index (χ0n) is 14.8. The van der Waals surface area contributed by atoms with Crippen LogP contribution in [0.5, 0.6) is 0 Å². The van der Waals surface area contributed by atoms with Crippen molar-refractivity contribution in [3.8, 4) is 0 Å². The van der Waals surface area contributed by atoms with E-state index in [-0.39, 0.29) is 11.9 Å². The SMILES string of the molecule is CCC(C)c1ccc(C(CC)NC(=O)c2c(Cl)cnn2CC)cc1. The van der Waals surface area contributed by atoms with Crippen LogP contribution in [0.3, 0.4) is 0 Å². The minimum Gasteiger partial charge on any atom is -0.344 e. The molecule has 5 heteroatoms. The summed E-state index contributed by atoms with van der Waals surface area (Å²) >= 11 is 6.12. The van der Waals surface area contributed by atoms with Crippen LogP contribution in [-0.2, 0) is 6.54 Å². The predicted molar refractivity (Wildman–Crippen MR) is 98.6 cm³/mol. The highest BCUT2D eigenvalue weighted by Gasteiger charge is 2.20. The average molecular weight is 348 g/mol. The van der Waals surface area contributed by atoms with E-state index in [0.717, 1.165) is 18.4 Å². The third-order valence-electron chi connectivity index (χ3n) is 4.54. The molecule has 2 rings (SSSR count). The van der Waals surface area contributed by atoms with Gasteiger partial charge < -0.3 is 5.32 Å². The fourth-order valence-electron chi connectivity index (χ4n) is 2.77. The monoisotopic (exact) mass is 347 g/mol. The third-order valence-corrected chi connectivity index (χ3v) is 4.82. The first-order valence-corrected chi connectivity index (χ1v) is 9.01. The number of nitrogens with one attached hydrogen (secondary N) is 1. The number of nitrogens with zero attached hydrogens (tertiary/aromatic N) is 2. The lowest BCUT2D eigenvalue weighted by Gasteiger charge is -2.19. The van der Waals surface area contributed by atoms with E-state index in [1.54, 1.807) is 4.68 Å². The quantitative estimate of drug-likeness (QED) is 0.770. The molecule has 2 aromatic rings. The molecule has 0 spiro atoms. The molecule has 0 fully saturated rings. The Bertz CT molecular complexity index is 678. The van der Waals surface area contributed by atoms with Crippen LogP contribution >= 0.6 is 11.6 Å². The van der Waals surface area contributed by atoms with Gasteiger partial charge in [-0.2, -0.15) is 5.10 Å². The minimum atomic E-state index is -0.183. The van der Waals surface area contributed by atoms with Crippen molar-refractivity contribution in [3.05, 3.63) is 52.3 Å². The van der Waals surface area contributed by atoms with E-state index < -0.39 is 0 Å². The number of amides is 1. The maximum atomic E-state index is 12.6. The standard InChI is InChI=1S/C19H26ClN3O/c1-5-13(4)14-8-10-15(11-9-14)17(6-2)22-19(24)18-16(20)12-21-23(18)7-3/h8-13,17H,5-7H2,1-4H3,(H,22,24). The third kappa shape index (κ3) is 3.99. The second kappa shape index (κ2) is 8.34. The first-order valence-electron chi connectivity index (χ1n) is 8.63. The summed E-state index contributed by atoms with van der Waals surface area (Å²) in [5.41, 5.74) is 2.86. The molecule has 0 radical (unpaired) electrons. The lowest BCUT2D eigenvalue weighted by molar-refractivity contribution is 0.0925. The van der Waals surface area contributed by atoms with Crippen molar-refractivity contribution in [1.29, 1.82) is 0 Å². The van der Waals surface area contributed by atoms with Crippen LogP contribution in [-0.4, -0.2) is 15.7 Å². The van der Waals surface area contributed by atoms with E-state index in [1.165, 1.54) is 11.8 Å². The number of benzene rings is 1. The number of carbonyl (C=O) groups is 1. The molecule has 24 heavy (non-hydrogen) atoms. The average Bonchev–Trinajstić information content (AvgIpc) is 2.99. The number of hydrogen-bond acceptors (Lipinski definition) is 2. The predicted octanol–water partition coefficient (Wildman–Crippen LogP) is 4.95. The van der Waals surface area contributed by atoms with Gasteiger partial charge in [-0.1, -0.05) is 56.6 Å². The molecule has 1 amide bonds. The number of carbonyl (C=O) groups excluding carboxylic acids is 1. The van der Waals surface area contributed by atoms with Crippen molar-refractivity contribution < 1.29 is 4.79 Å². The summed E-state index contributed by atoms with van der Waals surface area (Å²) in [5.74, 6) is 0.364. The van der Waals surface area contributed by atoms with E-state index in [4.69, 9.17) is 11.6 Å². The lowest BCUT2D eigenvalue weighted by Crippen LogP contribution is -2.30. The van der Waals surface area contributed by atoms with Gasteiger partial charge in [0.05, 0.1) is 17.3 Å². The van der Waals surface area contributed by atoms with E-state index in [2.05, 4.69) is 55.5 Å². The van der Waals surface area contributed by atoms with Crippen LogP contribution in [0.4, 0.5) is 0 Å². The van der Waals surface area contributed by atoms with Gasteiger partial charge in [0.25, 0.3) is 5.91 Å². The van der Waals surface area contributed by atoms with E-state index in [1.807, 2.05) is 6.92 Å². The Morgan fingerprint density at radius 2 is 1.79 bits per heavy atom. The van der Waals surface area contributed by atoms with Gasteiger partial charge in [0.1, 0.15) is 5.69 Å². The Morgan fingerprint density at radius 3 is 2.33 bits per heavy atom. The summed E-state index contributed by atoms with van der Waals surface area (Å²) in [7, 11) is 0. The van der Waals surface area contributed by atoms with Crippen LogP contribution in [0.25, 0.3) is 0 Å². The first kappa shape index (κ1) is 18.5. The lowest BCUT2D eigenvalue weighted by atomic mass is 9.95. The number of aryl methyl sites for hydroxylation is 1. The molecule has 0 bridgehead atoms. The zero-order valence-corrected chi connectivity index (χ0v) is 15.6. The Morgan fingerprint density at radius 1 is 1.17 bits per heavy atom. The summed E-state index contributed by atoms with van der Waals surface area (Å²) in [4.78, 5) is 12.6. The van der Waals surface area contributed by atoms with Crippen molar-refractivity contribution in [1.82, 2.24) is 15.1 Å². The molecule has 1 aromatic heterocycles. The van der Waals surface area contributed by atoms with Crippen molar-refractivity contribution in [2.24, 2.45) is 0 Å². The molecule has 130 valence electrons. The number of aromatic nitrogens is 2. The second-order valence-electron chi connectivity index (χ2n) is 6.07. The molecule has 2 unspecified atom stereocenters. The van der Waals surface area contributed by atoms with Gasteiger partial charge in [-0.3, -0.25) is 9.48 Å². The molecule has 4 nitrogen and oxygen atoms in total. The van der Waals surface area contributed by atoms with Crippen molar-refractivity contribution >= 4 is 17.5 Å². The Hall–Kier alpha value is -1.81. The highest BCUT2D eigenvalue weighted by Crippen LogP contribution is 2.24. The fourth-order valence-corrected chi connectivity index (χ4v) is 3.00. The maximum absolute atomic E-state index is 12.6. The molecule has 0 aliphatic carbocycles. The number of hydrogen-bond donors (Lipinski definition) is 1. The van der Waals surface area contributed by atoms with Gasteiger partial charge in [0.2, 0.25) is 0 Å². The highest BCUT2D eigenvalue weighted by atomic mass is 35.5. The highest BCUT2D eigenvalue weighted by molar-refractivity contribution is 6.33. The van der Waals surface area contributed by atoms with E-state index in [9.17, 15) is 4.79 Å². The van der Waals surface area contributed by atoms with Crippen LogP contribution in [0.2, 0.25) is 5.02 Å². The van der Waals surface area contributed by atoms with E-state index in [0.29, 0.717) is 23.2 Å². The summed E-state index contributed by atoms with van der Waals surface area (Å²) < 4.78 is 1.62. The topological polar surface area (TPSA) is 46.9 Å². The van der Waals surface area contributed by atoms with Gasteiger partial charge in [-0.05, 0) is 36.8 Å². The van der Waals surface area contributed by atoms with Gasteiger partial charge in [0, 0.05) is 6.54 Å². The first-order chi connectivity index (χ1) is 11.5. The van der Waals surface area contributed by atoms with E-state index >= 15 is 0 Å². The maximum Gasteiger partial charge on any atom is 0.271 e. The largest absolute Gasteiger partial charge is 0.344 e. The van der Waals surface area contributed by atoms with Gasteiger partial charge in [-0.25, -0.2) is 0 Å². The van der Waals surface area contributed by atoms with Crippen LogP contribution in [0.15, 0.2) is 30.5 Å². The molecule has 1 N–H and O–H groups in total. The number of rotatable bonds is 7. The second-order valence-corrected chi connectivity index (χ2v) is 6.47. The fraction of sp³-hybridized carbons (Fsp3) is 0.474. The Labute approximate surface area is 149 Å². The smallest absolute Gasteiger partial charge is 0.271 e. The molecular formula is C19H26ClN3O.